The van der Waals surface area contributed by atoms with E-state index in [9.17, 15) is 14.4 Å². The normalized spacial score (nSPS) is 22.7. The smallest absolute Gasteiger partial charge is 0.337 e. The van der Waals surface area contributed by atoms with Crippen LogP contribution in [0.1, 0.15) is 58.9 Å². The molecule has 2 aliphatic heterocycles. The van der Waals surface area contributed by atoms with Gasteiger partial charge in [0.1, 0.15) is 12.6 Å². The topological polar surface area (TPSA) is 82.7 Å². The van der Waals surface area contributed by atoms with Crippen LogP contribution < -0.4 is 0 Å². The van der Waals surface area contributed by atoms with E-state index < -0.39 is 18.1 Å². The van der Waals surface area contributed by atoms with Gasteiger partial charge in [-0.05, 0) is 42.2 Å². The Balaban J connectivity index is 1.47. The Morgan fingerprint density at radius 3 is 2.50 bits per heavy atom. The highest BCUT2D eigenvalue weighted by Gasteiger charge is 2.49. The van der Waals surface area contributed by atoms with Gasteiger partial charge in [-0.15, -0.1) is 0 Å². The fourth-order valence-corrected chi connectivity index (χ4v) is 6.08. The lowest BCUT2D eigenvalue weighted by Crippen LogP contribution is -2.64. The fraction of sp³-hybridized carbons (Fsp3) is 0.370. The average molecular weight is 458 g/mol. The minimum atomic E-state index is -0.529. The third kappa shape index (κ3) is 3.14. The molecule has 1 saturated heterocycles. The van der Waals surface area contributed by atoms with Crippen molar-refractivity contribution in [3.05, 3.63) is 70.9 Å². The molecular weight excluding hydrogens is 430 g/mol. The monoisotopic (exact) mass is 457 g/mol. The third-order valence-electron chi connectivity index (χ3n) is 7.71. The number of aromatic nitrogens is 1. The quantitative estimate of drug-likeness (QED) is 0.610. The predicted octanol–water partition coefficient (Wildman–Crippen LogP) is 3.58. The largest absolute Gasteiger partial charge is 0.465 e. The summed E-state index contributed by atoms with van der Waals surface area (Å²) in [5.74, 6) is -0.378. The van der Waals surface area contributed by atoms with Gasteiger partial charge >= 0.3 is 5.97 Å². The first-order chi connectivity index (χ1) is 16.6. The van der Waals surface area contributed by atoms with E-state index in [0.29, 0.717) is 12.0 Å². The maximum atomic E-state index is 13.8. The number of H-pyrrole nitrogens is 1. The number of piperazine rings is 1. The van der Waals surface area contributed by atoms with Crippen molar-refractivity contribution in [3.8, 4) is 0 Å². The van der Waals surface area contributed by atoms with Gasteiger partial charge in [0.2, 0.25) is 11.8 Å². The zero-order valence-corrected chi connectivity index (χ0v) is 19.1. The molecule has 1 N–H and O–H groups in total. The van der Waals surface area contributed by atoms with Gasteiger partial charge in [0.05, 0.1) is 18.7 Å². The molecule has 3 aliphatic rings. The maximum Gasteiger partial charge on any atom is 0.337 e. The number of ether oxygens (including phenoxy) is 1. The number of carbonyl (C=O) groups is 3. The summed E-state index contributed by atoms with van der Waals surface area (Å²) in [6.45, 7) is 0.131. The van der Waals surface area contributed by atoms with Gasteiger partial charge in [0.25, 0.3) is 0 Å². The molecule has 0 unspecified atom stereocenters. The Morgan fingerprint density at radius 1 is 1.03 bits per heavy atom. The lowest BCUT2D eigenvalue weighted by molar-refractivity contribution is -0.160. The summed E-state index contributed by atoms with van der Waals surface area (Å²) >= 11 is 0. The number of methoxy groups -OCH3 is 1. The summed E-state index contributed by atoms with van der Waals surface area (Å²) in [5, 5.41) is 1.09. The van der Waals surface area contributed by atoms with Gasteiger partial charge in [-0.1, -0.05) is 43.2 Å². The second kappa shape index (κ2) is 8.01. The molecule has 0 spiro atoms. The van der Waals surface area contributed by atoms with Crippen LogP contribution in [0.15, 0.2) is 48.5 Å². The first kappa shape index (κ1) is 21.0. The Hall–Kier alpha value is -3.61. The highest BCUT2D eigenvalue weighted by molar-refractivity contribution is 5.98. The summed E-state index contributed by atoms with van der Waals surface area (Å²) in [5.41, 5.74) is 4.34. The lowest BCUT2D eigenvalue weighted by atomic mass is 9.85. The van der Waals surface area contributed by atoms with E-state index in [0.717, 1.165) is 53.4 Å². The first-order valence-corrected chi connectivity index (χ1v) is 12.0. The maximum absolute atomic E-state index is 13.8. The van der Waals surface area contributed by atoms with E-state index in [2.05, 4.69) is 11.1 Å². The molecule has 3 aromatic rings. The molecule has 2 fully saturated rings. The van der Waals surface area contributed by atoms with Crippen LogP contribution >= 0.6 is 0 Å². The van der Waals surface area contributed by atoms with Crippen molar-refractivity contribution in [2.45, 2.75) is 50.2 Å². The zero-order valence-electron chi connectivity index (χ0n) is 19.1. The molecule has 0 bridgehead atoms. The van der Waals surface area contributed by atoms with Gasteiger partial charge in [-0.2, -0.15) is 0 Å². The van der Waals surface area contributed by atoms with E-state index in [-0.39, 0.29) is 24.4 Å². The molecule has 2 amide bonds. The molecule has 7 heteroatoms. The molecule has 7 nitrogen and oxygen atoms in total. The van der Waals surface area contributed by atoms with E-state index in [1.54, 1.807) is 17.0 Å². The van der Waals surface area contributed by atoms with Crippen LogP contribution in [-0.4, -0.2) is 58.3 Å². The highest BCUT2D eigenvalue weighted by atomic mass is 16.5. The van der Waals surface area contributed by atoms with Gasteiger partial charge in [0.15, 0.2) is 0 Å². The van der Waals surface area contributed by atoms with Crippen molar-refractivity contribution in [2.24, 2.45) is 0 Å². The zero-order chi connectivity index (χ0) is 23.4. The number of rotatable bonds is 3. The minimum Gasteiger partial charge on any atom is -0.465 e. The van der Waals surface area contributed by atoms with Crippen molar-refractivity contribution in [3.63, 3.8) is 0 Å². The number of aromatic amines is 1. The number of hydrogen-bond acceptors (Lipinski definition) is 4. The van der Waals surface area contributed by atoms with Gasteiger partial charge in [-0.25, -0.2) is 4.79 Å². The SMILES string of the molecule is COC(=O)c1ccc([C@@H]2c3[nH]c4ccccc4c3C[C@H]3C(=O)N(C4CCCC4)CC(=O)N23)cc1. The predicted molar refractivity (Wildman–Crippen MR) is 126 cm³/mol. The summed E-state index contributed by atoms with van der Waals surface area (Å²) in [7, 11) is 1.35. The second-order valence-corrected chi connectivity index (χ2v) is 9.50. The molecule has 3 heterocycles. The number of carbonyl (C=O) groups excluding carboxylic acids is 3. The summed E-state index contributed by atoms with van der Waals surface area (Å²) in [6, 6.07) is 14.4. The molecule has 174 valence electrons. The minimum absolute atomic E-state index is 0.0251. The van der Waals surface area contributed by atoms with Crippen LogP contribution in [0, 0.1) is 0 Å². The van der Waals surface area contributed by atoms with E-state index in [1.165, 1.54) is 7.11 Å². The number of para-hydroxylation sites is 1. The molecule has 2 atom stereocenters. The molecule has 34 heavy (non-hydrogen) atoms. The molecule has 1 saturated carbocycles. The van der Waals surface area contributed by atoms with Crippen molar-refractivity contribution in [1.82, 2.24) is 14.8 Å². The fourth-order valence-electron chi connectivity index (χ4n) is 6.08. The van der Waals surface area contributed by atoms with Gasteiger partial charge in [-0.3, -0.25) is 9.59 Å². The summed E-state index contributed by atoms with van der Waals surface area (Å²) < 4.78 is 4.84. The van der Waals surface area contributed by atoms with Crippen molar-refractivity contribution in [1.29, 1.82) is 0 Å². The number of benzene rings is 2. The van der Waals surface area contributed by atoms with Crippen LogP contribution in [0.2, 0.25) is 0 Å². The molecule has 1 aliphatic carbocycles. The number of hydrogen-bond donors (Lipinski definition) is 1. The summed E-state index contributed by atoms with van der Waals surface area (Å²) in [4.78, 5) is 46.5. The van der Waals surface area contributed by atoms with Crippen molar-refractivity contribution in [2.75, 3.05) is 13.7 Å². The third-order valence-corrected chi connectivity index (χ3v) is 7.71. The standard InChI is InChI=1S/C27H27N3O4/c1-34-27(33)17-12-10-16(11-13-17)25-24-20(19-8-4-5-9-21(19)28-24)14-22-26(32)29(15-23(31)30(22)25)18-6-2-3-7-18/h4-5,8-13,18,22,25,28H,2-3,6-7,14-15H2,1H3/t22-,25+/m0/s1. The Labute approximate surface area is 197 Å². The molecule has 0 radical (unpaired) electrons. The second-order valence-electron chi connectivity index (χ2n) is 9.50. The molecule has 2 aromatic carbocycles. The van der Waals surface area contributed by atoms with Crippen LogP contribution in [0.4, 0.5) is 0 Å². The van der Waals surface area contributed by atoms with Gasteiger partial charge in [0, 0.05) is 29.1 Å². The molecule has 1 aromatic heterocycles. The number of nitrogens with zero attached hydrogens (tertiary/aromatic N) is 2. The van der Waals surface area contributed by atoms with E-state index in [4.69, 9.17) is 4.74 Å². The average Bonchev–Trinajstić information content (AvgIpc) is 3.53. The summed E-state index contributed by atoms with van der Waals surface area (Å²) in [6.07, 6.45) is 4.67. The van der Waals surface area contributed by atoms with Crippen LogP contribution in [-0.2, 0) is 20.7 Å². The van der Waals surface area contributed by atoms with Crippen LogP contribution in [0.5, 0.6) is 0 Å². The molecule has 6 rings (SSSR count). The first-order valence-electron chi connectivity index (χ1n) is 12.0. The van der Waals surface area contributed by atoms with Crippen molar-refractivity contribution < 1.29 is 19.1 Å². The van der Waals surface area contributed by atoms with E-state index in [1.807, 2.05) is 35.2 Å². The Kier molecular flexibility index (Phi) is 4.94. The van der Waals surface area contributed by atoms with Crippen molar-refractivity contribution >= 4 is 28.7 Å². The number of fused-ring (bicyclic) bond motifs is 4. The molecular formula is C27H27N3O4. The van der Waals surface area contributed by atoms with Crippen LogP contribution in [0.3, 0.4) is 0 Å². The number of esters is 1. The lowest BCUT2D eigenvalue weighted by Gasteiger charge is -2.48. The Bertz CT molecular complexity index is 1290. The number of amides is 2. The van der Waals surface area contributed by atoms with Gasteiger partial charge < -0.3 is 19.5 Å². The van der Waals surface area contributed by atoms with E-state index >= 15 is 0 Å². The highest BCUT2D eigenvalue weighted by Crippen LogP contribution is 2.43. The van der Waals surface area contributed by atoms with Crippen LogP contribution in [0.25, 0.3) is 10.9 Å². The number of nitrogens with one attached hydrogen (secondary N) is 1. The Morgan fingerprint density at radius 2 is 1.76 bits per heavy atom.